The molecule has 0 N–H and O–H groups in total. The summed E-state index contributed by atoms with van der Waals surface area (Å²) >= 11 is 9.00. The Morgan fingerprint density at radius 2 is 0.403 bits per heavy atom. The van der Waals surface area contributed by atoms with E-state index in [0.29, 0.717) is 0 Å². The highest BCUT2D eigenvalue weighted by molar-refractivity contribution is 7.40. The number of halogens is 1. The molecule has 0 aliphatic heterocycles. The quantitative estimate of drug-likeness (QED) is 0.0772. The van der Waals surface area contributed by atoms with E-state index in [9.17, 15) is 0 Å². The Hall–Kier alpha value is -6.51. The summed E-state index contributed by atoms with van der Waals surface area (Å²) in [4.78, 5) is 0. The first-order chi connectivity index (χ1) is 30.0. The van der Waals surface area contributed by atoms with Crippen LogP contribution in [0.1, 0.15) is 33.4 Å². The number of rotatable bonds is 9. The SMILES string of the molecule is Cc1cccc(-c2cc(-c3cccc(C)c3)cc([Si](Cl)(c3cc(-c4cccc(C)c4)cc(-c4cccc(C)c4)c3)c3cc(-c4cccc(C)c4)cc(-c4cccc(C)c4)c3)c2)c1. The highest BCUT2D eigenvalue weighted by atomic mass is 35.6. The predicted octanol–water partition coefficient (Wildman–Crippen LogP) is 14.7. The third kappa shape index (κ3) is 8.52. The van der Waals surface area contributed by atoms with Gasteiger partial charge >= 0.3 is 0 Å². The Morgan fingerprint density at radius 1 is 0.226 bits per heavy atom. The number of hydrogen-bond acceptors (Lipinski definition) is 0. The molecule has 0 atom stereocenters. The average Bonchev–Trinajstić information content (AvgIpc) is 3.28. The van der Waals surface area contributed by atoms with Crippen LogP contribution < -0.4 is 15.6 Å². The first kappa shape index (κ1) is 40.9. The molecule has 0 unspecified atom stereocenters. The van der Waals surface area contributed by atoms with Gasteiger partial charge in [-0.05, 0) is 142 Å². The van der Waals surface area contributed by atoms with Crippen molar-refractivity contribution in [3.8, 4) is 66.8 Å². The standard InChI is InChI=1S/C60H51ClSi/c1-40-13-7-19-46(25-40)52-31-53(47-20-8-14-41(2)26-47)35-58(34-52)62(61,59-36-54(48-21-9-15-42(3)27-48)32-55(37-59)49-22-10-16-43(4)28-49)60-38-56(50-23-11-17-44(5)29-50)33-57(39-60)51-24-12-18-45(6)30-51/h7-39H,1-6H3. The van der Waals surface area contributed by atoms with Crippen LogP contribution in [0.3, 0.4) is 0 Å². The second-order valence-electron chi connectivity index (χ2n) is 17.3. The maximum Gasteiger partial charge on any atom is 0.248 e. The van der Waals surface area contributed by atoms with E-state index in [2.05, 4.69) is 242 Å². The Labute approximate surface area is 373 Å². The van der Waals surface area contributed by atoms with Crippen molar-refractivity contribution in [3.05, 3.63) is 234 Å². The van der Waals surface area contributed by atoms with Crippen molar-refractivity contribution in [2.24, 2.45) is 0 Å². The summed E-state index contributed by atoms with van der Waals surface area (Å²) in [6.07, 6.45) is 0. The van der Waals surface area contributed by atoms with E-state index < -0.39 is 7.38 Å². The molecule has 0 fully saturated rings. The molecule has 9 aromatic carbocycles. The molecule has 0 nitrogen and oxygen atoms in total. The highest BCUT2D eigenvalue weighted by Gasteiger charge is 2.40. The lowest BCUT2D eigenvalue weighted by atomic mass is 9.97. The smallest absolute Gasteiger partial charge is 0.149 e. The highest BCUT2D eigenvalue weighted by Crippen LogP contribution is 2.34. The zero-order valence-electron chi connectivity index (χ0n) is 36.4. The zero-order valence-corrected chi connectivity index (χ0v) is 38.2. The molecular formula is C60H51ClSi. The lowest BCUT2D eigenvalue weighted by molar-refractivity contribution is 1.46. The fourth-order valence-corrected chi connectivity index (χ4v) is 13.0. The van der Waals surface area contributed by atoms with Gasteiger partial charge in [0.2, 0.25) is 7.38 Å². The van der Waals surface area contributed by atoms with Crippen LogP contribution in [0.4, 0.5) is 0 Å². The third-order valence-corrected chi connectivity index (χ3v) is 17.3. The second kappa shape index (κ2) is 17.1. The molecule has 0 aromatic heterocycles. The summed E-state index contributed by atoms with van der Waals surface area (Å²) in [7, 11) is -3.47. The number of benzene rings is 9. The molecule has 0 saturated carbocycles. The van der Waals surface area contributed by atoms with Gasteiger partial charge in [0.25, 0.3) is 0 Å². The maximum absolute atomic E-state index is 9.00. The third-order valence-electron chi connectivity index (χ3n) is 12.1. The zero-order chi connectivity index (χ0) is 43.0. The van der Waals surface area contributed by atoms with Gasteiger partial charge in [0.05, 0.1) is 0 Å². The molecule has 302 valence electrons. The molecule has 0 spiro atoms. The number of aryl methyl sites for hydroxylation is 6. The van der Waals surface area contributed by atoms with Crippen LogP contribution in [0.25, 0.3) is 66.8 Å². The van der Waals surface area contributed by atoms with E-state index in [1.165, 1.54) is 66.8 Å². The van der Waals surface area contributed by atoms with Crippen molar-refractivity contribution in [3.63, 3.8) is 0 Å². The van der Waals surface area contributed by atoms with Gasteiger partial charge in [-0.2, -0.15) is 0 Å². The Bertz CT molecular complexity index is 2590. The summed E-state index contributed by atoms with van der Waals surface area (Å²) in [6.45, 7) is 13.0. The fraction of sp³-hybridized carbons (Fsp3) is 0.100. The van der Waals surface area contributed by atoms with Gasteiger partial charge in [-0.1, -0.05) is 215 Å². The fourth-order valence-electron chi connectivity index (χ4n) is 8.93. The molecule has 0 aliphatic rings. The Morgan fingerprint density at radius 3 is 0.565 bits per heavy atom. The van der Waals surface area contributed by atoms with Crippen LogP contribution in [0.5, 0.6) is 0 Å². The van der Waals surface area contributed by atoms with Gasteiger partial charge in [-0.15, -0.1) is 11.1 Å². The van der Waals surface area contributed by atoms with E-state index in [0.717, 1.165) is 48.9 Å². The Kier molecular flexibility index (Phi) is 11.3. The molecule has 0 radical (unpaired) electrons. The second-order valence-corrected chi connectivity index (χ2v) is 22.0. The molecule has 0 aliphatic carbocycles. The Balaban J connectivity index is 1.42. The van der Waals surface area contributed by atoms with Crippen molar-refractivity contribution < 1.29 is 0 Å². The van der Waals surface area contributed by atoms with Gasteiger partial charge in [-0.25, -0.2) is 0 Å². The predicted molar refractivity (Wildman–Crippen MR) is 271 cm³/mol. The van der Waals surface area contributed by atoms with E-state index in [4.69, 9.17) is 11.1 Å². The van der Waals surface area contributed by atoms with Crippen LogP contribution >= 0.6 is 11.1 Å². The van der Waals surface area contributed by atoms with Crippen LogP contribution in [-0.4, -0.2) is 7.38 Å². The first-order valence-corrected chi connectivity index (χ1v) is 24.6. The minimum Gasteiger partial charge on any atom is -0.149 e. The van der Waals surface area contributed by atoms with Crippen molar-refractivity contribution in [1.29, 1.82) is 0 Å². The maximum atomic E-state index is 9.00. The minimum atomic E-state index is -3.47. The van der Waals surface area contributed by atoms with Gasteiger partial charge in [0, 0.05) is 0 Å². The van der Waals surface area contributed by atoms with E-state index in [-0.39, 0.29) is 0 Å². The summed E-state index contributed by atoms with van der Waals surface area (Å²) in [6, 6.07) is 74.5. The van der Waals surface area contributed by atoms with E-state index >= 15 is 0 Å². The minimum absolute atomic E-state index is 1.14. The van der Waals surface area contributed by atoms with E-state index in [1.807, 2.05) is 0 Å². The van der Waals surface area contributed by atoms with Gasteiger partial charge < -0.3 is 0 Å². The largest absolute Gasteiger partial charge is 0.248 e. The summed E-state index contributed by atoms with van der Waals surface area (Å²) in [5.74, 6) is 0. The molecule has 9 aromatic rings. The van der Waals surface area contributed by atoms with Crippen LogP contribution in [-0.2, 0) is 0 Å². The summed E-state index contributed by atoms with van der Waals surface area (Å²) < 4.78 is 0. The van der Waals surface area contributed by atoms with Crippen LogP contribution in [0.2, 0.25) is 0 Å². The number of hydrogen-bond donors (Lipinski definition) is 0. The van der Waals surface area contributed by atoms with Gasteiger partial charge in [0.15, 0.2) is 0 Å². The van der Waals surface area contributed by atoms with Crippen molar-refractivity contribution in [1.82, 2.24) is 0 Å². The van der Waals surface area contributed by atoms with Gasteiger partial charge in [-0.3, -0.25) is 0 Å². The average molecular weight is 836 g/mol. The molecule has 0 amide bonds. The van der Waals surface area contributed by atoms with Crippen molar-refractivity contribution in [2.75, 3.05) is 0 Å². The van der Waals surface area contributed by atoms with Gasteiger partial charge in [0.1, 0.15) is 0 Å². The summed E-state index contributed by atoms with van der Waals surface area (Å²) in [5, 5.41) is 3.42. The molecule has 2 heteroatoms. The van der Waals surface area contributed by atoms with Crippen molar-refractivity contribution in [2.45, 2.75) is 41.5 Å². The molecule has 62 heavy (non-hydrogen) atoms. The summed E-state index contributed by atoms with van der Waals surface area (Å²) in [5.41, 5.74) is 21.3. The monoisotopic (exact) mass is 834 g/mol. The molecule has 0 heterocycles. The molecule has 9 rings (SSSR count). The first-order valence-electron chi connectivity index (χ1n) is 21.6. The van der Waals surface area contributed by atoms with Crippen LogP contribution in [0, 0.1) is 41.5 Å². The lowest BCUT2D eigenvalue weighted by Crippen LogP contribution is -2.63. The molecule has 0 bridgehead atoms. The topological polar surface area (TPSA) is 0 Å². The van der Waals surface area contributed by atoms with E-state index in [1.54, 1.807) is 0 Å². The van der Waals surface area contributed by atoms with Crippen LogP contribution in [0.15, 0.2) is 200 Å². The molecular weight excluding hydrogens is 784 g/mol. The molecule has 0 saturated heterocycles. The normalized spacial score (nSPS) is 11.5. The lowest BCUT2D eigenvalue weighted by Gasteiger charge is -2.30. The van der Waals surface area contributed by atoms with Crippen molar-refractivity contribution >= 4 is 34.0 Å².